The number of aromatic nitrogens is 1. The van der Waals surface area contributed by atoms with Crippen LogP contribution >= 0.6 is 31.9 Å². The van der Waals surface area contributed by atoms with E-state index in [1.54, 1.807) is 25.4 Å². The standard InChI is InChI=1S/C13H11Br2N3O/c1-18(12-4-5-17-7-11(12)16)13(19)9-6-8(14)2-3-10(9)15/h2-7H,16H2,1H3. The van der Waals surface area contributed by atoms with Crippen LogP contribution in [0.3, 0.4) is 0 Å². The van der Waals surface area contributed by atoms with Crippen LogP contribution in [-0.2, 0) is 0 Å². The van der Waals surface area contributed by atoms with Crippen molar-refractivity contribution in [1.82, 2.24) is 4.98 Å². The van der Waals surface area contributed by atoms with Gasteiger partial charge in [-0.05, 0) is 40.2 Å². The van der Waals surface area contributed by atoms with Crippen LogP contribution in [0.4, 0.5) is 11.4 Å². The number of halogens is 2. The zero-order valence-corrected chi connectivity index (χ0v) is 13.3. The number of pyridine rings is 1. The monoisotopic (exact) mass is 383 g/mol. The number of anilines is 2. The van der Waals surface area contributed by atoms with Gasteiger partial charge in [0.15, 0.2) is 0 Å². The topological polar surface area (TPSA) is 59.2 Å². The van der Waals surface area contributed by atoms with Gasteiger partial charge in [-0.3, -0.25) is 9.78 Å². The van der Waals surface area contributed by atoms with Crippen LogP contribution in [0.15, 0.2) is 45.6 Å². The normalized spacial score (nSPS) is 10.3. The van der Waals surface area contributed by atoms with Crippen molar-refractivity contribution in [3.63, 3.8) is 0 Å². The van der Waals surface area contributed by atoms with Gasteiger partial charge in [0.05, 0.1) is 23.1 Å². The average Bonchev–Trinajstić information content (AvgIpc) is 2.40. The molecule has 1 aromatic heterocycles. The number of nitrogens with zero attached hydrogens (tertiary/aromatic N) is 2. The molecule has 6 heteroatoms. The second kappa shape index (κ2) is 5.71. The summed E-state index contributed by atoms with van der Waals surface area (Å²) in [5, 5.41) is 0. The van der Waals surface area contributed by atoms with E-state index in [2.05, 4.69) is 36.8 Å². The Bertz CT molecular complexity index is 631. The Balaban J connectivity index is 2.39. The van der Waals surface area contributed by atoms with Crippen LogP contribution in [0.2, 0.25) is 0 Å². The molecule has 0 unspecified atom stereocenters. The van der Waals surface area contributed by atoms with E-state index in [4.69, 9.17) is 5.73 Å². The summed E-state index contributed by atoms with van der Waals surface area (Å²) in [5.41, 5.74) is 7.48. The summed E-state index contributed by atoms with van der Waals surface area (Å²) < 4.78 is 1.58. The van der Waals surface area contributed by atoms with E-state index in [9.17, 15) is 4.79 Å². The first-order valence-corrected chi connectivity index (χ1v) is 7.02. The fourth-order valence-electron chi connectivity index (χ4n) is 1.66. The molecule has 0 aliphatic carbocycles. The van der Waals surface area contributed by atoms with Gasteiger partial charge in [-0.1, -0.05) is 15.9 Å². The molecule has 19 heavy (non-hydrogen) atoms. The van der Waals surface area contributed by atoms with Gasteiger partial charge in [-0.25, -0.2) is 0 Å². The van der Waals surface area contributed by atoms with Crippen LogP contribution in [0.25, 0.3) is 0 Å². The van der Waals surface area contributed by atoms with E-state index >= 15 is 0 Å². The quantitative estimate of drug-likeness (QED) is 0.862. The first-order valence-electron chi connectivity index (χ1n) is 5.43. The van der Waals surface area contributed by atoms with Gasteiger partial charge in [0, 0.05) is 22.2 Å². The van der Waals surface area contributed by atoms with Crippen molar-refractivity contribution < 1.29 is 4.79 Å². The molecule has 2 aromatic rings. The molecule has 0 bridgehead atoms. The highest BCUT2D eigenvalue weighted by molar-refractivity contribution is 9.11. The predicted molar refractivity (Wildman–Crippen MR) is 83.2 cm³/mol. The van der Waals surface area contributed by atoms with Crippen LogP contribution in [0.1, 0.15) is 10.4 Å². The maximum atomic E-state index is 12.5. The molecule has 0 aliphatic rings. The van der Waals surface area contributed by atoms with E-state index in [1.807, 2.05) is 12.1 Å². The molecule has 1 heterocycles. The SMILES string of the molecule is CN(C(=O)c1cc(Br)ccc1Br)c1ccncc1N. The van der Waals surface area contributed by atoms with Crippen LogP contribution < -0.4 is 10.6 Å². The maximum absolute atomic E-state index is 12.5. The third-order valence-electron chi connectivity index (χ3n) is 2.65. The Morgan fingerprint density at radius 1 is 1.32 bits per heavy atom. The highest BCUT2D eigenvalue weighted by Crippen LogP contribution is 2.26. The molecule has 0 radical (unpaired) electrons. The Labute approximate surface area is 127 Å². The molecule has 98 valence electrons. The molecule has 0 fully saturated rings. The summed E-state index contributed by atoms with van der Waals surface area (Å²) in [7, 11) is 1.68. The first kappa shape index (κ1) is 14.0. The Morgan fingerprint density at radius 3 is 2.74 bits per heavy atom. The highest BCUT2D eigenvalue weighted by atomic mass is 79.9. The average molecular weight is 385 g/mol. The number of rotatable bonds is 2. The Hall–Kier alpha value is -1.40. The van der Waals surface area contributed by atoms with Crippen molar-refractivity contribution in [2.24, 2.45) is 0 Å². The minimum Gasteiger partial charge on any atom is -0.396 e. The summed E-state index contributed by atoms with van der Waals surface area (Å²) in [6.07, 6.45) is 3.13. The molecule has 0 atom stereocenters. The molecule has 0 saturated carbocycles. The molecular formula is C13H11Br2N3O. The number of hydrogen-bond acceptors (Lipinski definition) is 3. The lowest BCUT2D eigenvalue weighted by atomic mass is 10.2. The first-order chi connectivity index (χ1) is 9.00. The number of nitrogen functional groups attached to an aromatic ring is 1. The lowest BCUT2D eigenvalue weighted by molar-refractivity contribution is 0.0992. The minimum absolute atomic E-state index is 0.147. The van der Waals surface area contributed by atoms with Gasteiger partial charge < -0.3 is 10.6 Å². The summed E-state index contributed by atoms with van der Waals surface area (Å²) in [6, 6.07) is 7.15. The van der Waals surface area contributed by atoms with Gasteiger partial charge in [0.1, 0.15) is 0 Å². The maximum Gasteiger partial charge on any atom is 0.259 e. The van der Waals surface area contributed by atoms with Gasteiger partial charge in [0.2, 0.25) is 0 Å². The molecule has 2 rings (SSSR count). The second-order valence-corrected chi connectivity index (χ2v) is 5.69. The van der Waals surface area contributed by atoms with E-state index < -0.39 is 0 Å². The van der Waals surface area contributed by atoms with Gasteiger partial charge in [-0.2, -0.15) is 0 Å². The molecule has 2 N–H and O–H groups in total. The minimum atomic E-state index is -0.147. The summed E-state index contributed by atoms with van der Waals surface area (Å²) in [5.74, 6) is -0.147. The smallest absolute Gasteiger partial charge is 0.259 e. The van der Waals surface area contributed by atoms with E-state index in [0.29, 0.717) is 16.9 Å². The lowest BCUT2D eigenvalue weighted by Crippen LogP contribution is -2.27. The predicted octanol–water partition coefficient (Wildman–Crippen LogP) is 3.47. The van der Waals surface area contributed by atoms with Crippen molar-refractivity contribution >= 4 is 49.1 Å². The summed E-state index contributed by atoms with van der Waals surface area (Å²) in [4.78, 5) is 17.9. The number of benzene rings is 1. The Morgan fingerprint density at radius 2 is 2.05 bits per heavy atom. The molecule has 1 aromatic carbocycles. The molecule has 1 amide bonds. The summed E-state index contributed by atoms with van der Waals surface area (Å²) >= 11 is 6.74. The number of nitrogens with two attached hydrogens (primary N) is 1. The zero-order valence-electron chi connectivity index (χ0n) is 10.1. The van der Waals surface area contributed by atoms with Crippen molar-refractivity contribution in [2.75, 3.05) is 17.7 Å². The van der Waals surface area contributed by atoms with E-state index in [1.165, 1.54) is 11.1 Å². The van der Waals surface area contributed by atoms with E-state index in [-0.39, 0.29) is 5.91 Å². The second-order valence-electron chi connectivity index (χ2n) is 3.92. The van der Waals surface area contributed by atoms with Gasteiger partial charge >= 0.3 is 0 Å². The highest BCUT2D eigenvalue weighted by Gasteiger charge is 2.18. The largest absolute Gasteiger partial charge is 0.396 e. The number of carbonyl (C=O) groups is 1. The van der Waals surface area contributed by atoms with Crippen molar-refractivity contribution in [3.8, 4) is 0 Å². The van der Waals surface area contributed by atoms with Crippen molar-refractivity contribution in [3.05, 3.63) is 51.2 Å². The molecule has 4 nitrogen and oxygen atoms in total. The molecule has 0 spiro atoms. The fourth-order valence-corrected chi connectivity index (χ4v) is 2.43. The lowest BCUT2D eigenvalue weighted by Gasteiger charge is -2.19. The van der Waals surface area contributed by atoms with Crippen LogP contribution in [0, 0.1) is 0 Å². The third-order valence-corrected chi connectivity index (χ3v) is 3.84. The van der Waals surface area contributed by atoms with Crippen LogP contribution in [0.5, 0.6) is 0 Å². The van der Waals surface area contributed by atoms with E-state index in [0.717, 1.165) is 8.95 Å². The number of carbonyl (C=O) groups excluding carboxylic acids is 1. The van der Waals surface area contributed by atoms with Crippen LogP contribution in [-0.4, -0.2) is 17.9 Å². The van der Waals surface area contributed by atoms with Crippen molar-refractivity contribution in [1.29, 1.82) is 0 Å². The van der Waals surface area contributed by atoms with Crippen molar-refractivity contribution in [2.45, 2.75) is 0 Å². The molecular weight excluding hydrogens is 374 g/mol. The van der Waals surface area contributed by atoms with Gasteiger partial charge in [0.25, 0.3) is 5.91 Å². The zero-order chi connectivity index (χ0) is 14.0. The molecule has 0 aliphatic heterocycles. The fraction of sp³-hybridized carbons (Fsp3) is 0.0769. The number of hydrogen-bond donors (Lipinski definition) is 1. The third kappa shape index (κ3) is 2.96. The number of amides is 1. The summed E-state index contributed by atoms with van der Waals surface area (Å²) in [6.45, 7) is 0. The Kier molecular flexibility index (Phi) is 4.21. The molecule has 0 saturated heterocycles. The van der Waals surface area contributed by atoms with Gasteiger partial charge in [-0.15, -0.1) is 0 Å².